The molecule has 0 radical (unpaired) electrons. The van der Waals surface area contributed by atoms with Gasteiger partial charge in [-0.15, -0.1) is 0 Å². The summed E-state index contributed by atoms with van der Waals surface area (Å²) < 4.78 is 9.35. The minimum atomic E-state index is -0.288. The highest BCUT2D eigenvalue weighted by Crippen LogP contribution is 2.16. The summed E-state index contributed by atoms with van der Waals surface area (Å²) in [4.78, 5) is 27.4. The average Bonchev–Trinajstić information content (AvgIpc) is 2.81. The van der Waals surface area contributed by atoms with Crippen LogP contribution in [0, 0.1) is 13.8 Å². The fraction of sp³-hybridized carbons (Fsp3) is 0.440. The fourth-order valence-electron chi connectivity index (χ4n) is 3.46. The molecule has 0 aliphatic carbocycles. The van der Waals surface area contributed by atoms with E-state index in [-0.39, 0.29) is 11.9 Å². The molecule has 1 saturated heterocycles. The van der Waals surface area contributed by atoms with Crippen molar-refractivity contribution < 1.29 is 19.1 Å². The van der Waals surface area contributed by atoms with Gasteiger partial charge in [0.15, 0.2) is 0 Å². The summed E-state index contributed by atoms with van der Waals surface area (Å²) in [6.07, 6.45) is 0. The number of piperazine rings is 1. The van der Waals surface area contributed by atoms with Crippen LogP contribution in [-0.2, 0) is 21.3 Å². The van der Waals surface area contributed by atoms with Crippen molar-refractivity contribution in [2.75, 3.05) is 47.4 Å². The van der Waals surface area contributed by atoms with E-state index in [4.69, 9.17) is 4.74 Å². The number of carbonyl (C=O) groups excluding carboxylic acids is 2. The van der Waals surface area contributed by atoms with Crippen molar-refractivity contribution in [2.45, 2.75) is 25.7 Å². The Morgan fingerprint density at radius 3 is 1.72 bits per heavy atom. The van der Waals surface area contributed by atoms with E-state index in [1.807, 2.05) is 37.3 Å². The molecule has 1 aliphatic heterocycles. The number of carbonyl (C=O) groups is 2. The van der Waals surface area contributed by atoms with Gasteiger partial charge in [0, 0.05) is 38.1 Å². The fourth-order valence-corrected chi connectivity index (χ4v) is 4.08. The van der Waals surface area contributed by atoms with Crippen molar-refractivity contribution in [3.05, 3.63) is 69.8 Å². The van der Waals surface area contributed by atoms with Crippen LogP contribution < -0.4 is 0 Å². The maximum atomic E-state index is 11.5. The Morgan fingerprint density at radius 1 is 0.844 bits per heavy atom. The predicted octanol–water partition coefficient (Wildman–Crippen LogP) is 4.21. The second-order valence-electron chi connectivity index (χ2n) is 7.98. The lowest BCUT2D eigenvalue weighted by molar-refractivity contribution is 0.0591. The minimum absolute atomic E-state index is 0.269. The lowest BCUT2D eigenvalue weighted by Crippen LogP contribution is -2.43. The molecule has 32 heavy (non-hydrogen) atoms. The van der Waals surface area contributed by atoms with Crippen molar-refractivity contribution >= 4 is 27.9 Å². The third-order valence-corrected chi connectivity index (χ3v) is 6.27. The Labute approximate surface area is 199 Å². The summed E-state index contributed by atoms with van der Waals surface area (Å²) in [5.41, 5.74) is 5.96. The monoisotopic (exact) mass is 504 g/mol. The molecular weight excluding hydrogens is 472 g/mol. The van der Waals surface area contributed by atoms with Crippen LogP contribution in [0.3, 0.4) is 0 Å². The SMILES string of the molecule is COC(=O)c1ccc(CBr)c(C)c1.COC(=O)c1ccc(CN2CCN(C)CC2)c(C)c1. The van der Waals surface area contributed by atoms with Crippen molar-refractivity contribution in [3.8, 4) is 0 Å². The van der Waals surface area contributed by atoms with Crippen LogP contribution in [0.1, 0.15) is 43.0 Å². The van der Waals surface area contributed by atoms with E-state index in [1.165, 1.54) is 25.3 Å². The lowest BCUT2D eigenvalue weighted by Gasteiger charge is -2.32. The number of likely N-dealkylation sites (N-methyl/N-ethyl adjacent to an activating group) is 1. The van der Waals surface area contributed by atoms with E-state index in [9.17, 15) is 9.59 Å². The summed E-state index contributed by atoms with van der Waals surface area (Å²) in [7, 11) is 4.96. The largest absolute Gasteiger partial charge is 0.465 e. The molecule has 0 saturated carbocycles. The second-order valence-corrected chi connectivity index (χ2v) is 8.54. The van der Waals surface area contributed by atoms with Gasteiger partial charge in [0.05, 0.1) is 25.3 Å². The Kier molecular flexibility index (Phi) is 10.4. The number of hydrogen-bond donors (Lipinski definition) is 0. The molecule has 3 rings (SSSR count). The van der Waals surface area contributed by atoms with Crippen molar-refractivity contribution in [3.63, 3.8) is 0 Å². The van der Waals surface area contributed by atoms with Crippen molar-refractivity contribution in [1.29, 1.82) is 0 Å². The van der Waals surface area contributed by atoms with Crippen LogP contribution in [0.25, 0.3) is 0 Å². The van der Waals surface area contributed by atoms with E-state index < -0.39 is 0 Å². The van der Waals surface area contributed by atoms with Gasteiger partial charge in [-0.3, -0.25) is 4.90 Å². The second kappa shape index (κ2) is 12.7. The van der Waals surface area contributed by atoms with Crippen LogP contribution >= 0.6 is 15.9 Å². The smallest absolute Gasteiger partial charge is 0.337 e. The molecule has 2 aromatic rings. The first kappa shape index (κ1) is 26.0. The van der Waals surface area contributed by atoms with Gasteiger partial charge in [0.2, 0.25) is 0 Å². The highest BCUT2D eigenvalue weighted by Gasteiger charge is 2.15. The van der Waals surface area contributed by atoms with Crippen LogP contribution in [-0.4, -0.2) is 69.2 Å². The molecule has 7 heteroatoms. The van der Waals surface area contributed by atoms with E-state index in [0.29, 0.717) is 11.1 Å². The first-order valence-corrected chi connectivity index (χ1v) is 11.7. The zero-order chi connectivity index (χ0) is 23.7. The van der Waals surface area contributed by atoms with E-state index in [0.717, 1.165) is 49.2 Å². The molecule has 2 aromatic carbocycles. The van der Waals surface area contributed by atoms with Crippen LogP contribution in [0.15, 0.2) is 36.4 Å². The topological polar surface area (TPSA) is 59.1 Å². The third kappa shape index (κ3) is 7.43. The quantitative estimate of drug-likeness (QED) is 0.449. The van der Waals surface area contributed by atoms with Crippen LogP contribution in [0.5, 0.6) is 0 Å². The van der Waals surface area contributed by atoms with Gasteiger partial charge < -0.3 is 14.4 Å². The maximum absolute atomic E-state index is 11.5. The number of nitrogens with zero attached hydrogens (tertiary/aromatic N) is 2. The lowest BCUT2D eigenvalue weighted by atomic mass is 10.0. The van der Waals surface area contributed by atoms with Gasteiger partial charge in [-0.25, -0.2) is 9.59 Å². The summed E-state index contributed by atoms with van der Waals surface area (Å²) >= 11 is 3.37. The average molecular weight is 505 g/mol. The molecule has 1 heterocycles. The van der Waals surface area contributed by atoms with Crippen LogP contribution in [0.4, 0.5) is 0 Å². The summed E-state index contributed by atoms with van der Waals surface area (Å²) in [5.74, 6) is -0.557. The first-order chi connectivity index (χ1) is 15.3. The van der Waals surface area contributed by atoms with Crippen LogP contribution in [0.2, 0.25) is 0 Å². The molecule has 0 aromatic heterocycles. The normalized spacial score (nSPS) is 14.3. The molecule has 6 nitrogen and oxygen atoms in total. The molecule has 0 spiro atoms. The zero-order valence-corrected chi connectivity index (χ0v) is 21.2. The number of benzene rings is 2. The number of rotatable bonds is 5. The molecule has 1 fully saturated rings. The Hall–Kier alpha value is -2.22. The maximum Gasteiger partial charge on any atom is 0.337 e. The highest BCUT2D eigenvalue weighted by molar-refractivity contribution is 9.08. The number of hydrogen-bond acceptors (Lipinski definition) is 6. The third-order valence-electron chi connectivity index (χ3n) is 5.66. The molecule has 0 amide bonds. The molecule has 174 valence electrons. The van der Waals surface area contributed by atoms with Gasteiger partial charge in [-0.1, -0.05) is 28.1 Å². The number of aryl methyl sites for hydroxylation is 2. The summed E-state index contributed by atoms with van der Waals surface area (Å²) in [6, 6.07) is 11.3. The number of alkyl halides is 1. The van der Waals surface area contributed by atoms with Gasteiger partial charge in [-0.2, -0.15) is 0 Å². The number of esters is 2. The first-order valence-electron chi connectivity index (χ1n) is 10.6. The van der Waals surface area contributed by atoms with Gasteiger partial charge in [0.25, 0.3) is 0 Å². The molecule has 0 unspecified atom stereocenters. The van der Waals surface area contributed by atoms with Crippen molar-refractivity contribution in [1.82, 2.24) is 9.80 Å². The van der Waals surface area contributed by atoms with Gasteiger partial charge in [-0.05, 0) is 67.4 Å². The van der Waals surface area contributed by atoms with E-state index in [1.54, 1.807) is 6.07 Å². The van der Waals surface area contributed by atoms with Crippen molar-refractivity contribution in [2.24, 2.45) is 0 Å². The molecule has 0 atom stereocenters. The van der Waals surface area contributed by atoms with E-state index in [2.05, 4.69) is 44.4 Å². The Morgan fingerprint density at radius 2 is 1.31 bits per heavy atom. The Balaban J connectivity index is 0.000000244. The highest BCUT2D eigenvalue weighted by atomic mass is 79.9. The molecule has 0 bridgehead atoms. The molecule has 1 aliphatic rings. The number of halogens is 1. The Bertz CT molecular complexity index is 924. The summed E-state index contributed by atoms with van der Waals surface area (Å²) in [5, 5.41) is 0.806. The summed E-state index contributed by atoms with van der Waals surface area (Å²) in [6.45, 7) is 9.45. The predicted molar refractivity (Wildman–Crippen MR) is 130 cm³/mol. The minimum Gasteiger partial charge on any atom is -0.465 e. The number of methoxy groups -OCH3 is 2. The van der Waals surface area contributed by atoms with E-state index >= 15 is 0 Å². The van der Waals surface area contributed by atoms with Gasteiger partial charge >= 0.3 is 11.9 Å². The standard InChI is InChI=1S/C15H22N2O2.C10H11BrO2/c1-12-10-13(15(18)19-3)4-5-14(12)11-17-8-6-16(2)7-9-17;1-7-5-8(10(12)13-2)3-4-9(7)6-11/h4-5,10H,6-9,11H2,1-3H3;3-5H,6H2,1-2H3. The molecular formula is C25H33BrN2O4. The zero-order valence-electron chi connectivity index (χ0n) is 19.6. The molecule has 0 N–H and O–H groups in total. The van der Waals surface area contributed by atoms with Gasteiger partial charge in [0.1, 0.15) is 0 Å². The number of ether oxygens (including phenoxy) is 2.